The van der Waals surface area contributed by atoms with Crippen molar-refractivity contribution in [2.45, 2.75) is 43.4 Å². The third-order valence-electron chi connectivity index (χ3n) is 6.94. The second-order valence-electron chi connectivity index (χ2n) is 9.97. The van der Waals surface area contributed by atoms with Crippen LogP contribution in [-0.4, -0.2) is 44.4 Å². The summed E-state index contributed by atoms with van der Waals surface area (Å²) < 4.78 is 24.3. The van der Waals surface area contributed by atoms with E-state index in [-0.39, 0.29) is 22.5 Å². The zero-order valence-electron chi connectivity index (χ0n) is 21.6. The molecule has 1 N–H and O–H groups in total. The monoisotopic (exact) mass is 553 g/mol. The topological polar surface area (TPSA) is 96.4 Å². The number of benzene rings is 2. The average Bonchev–Trinajstić information content (AvgIpc) is 2.89. The largest absolute Gasteiger partial charge is 0.355 e. The van der Waals surface area contributed by atoms with Crippen molar-refractivity contribution in [1.29, 1.82) is 0 Å². The normalized spacial score (nSPS) is 15.2. The van der Waals surface area contributed by atoms with Gasteiger partial charge in [-0.25, -0.2) is 13.4 Å². The number of aromatic nitrogens is 1. The summed E-state index contributed by atoms with van der Waals surface area (Å²) in [5.41, 5.74) is 1.85. The van der Waals surface area contributed by atoms with Gasteiger partial charge in [-0.3, -0.25) is 9.59 Å². The molecule has 0 saturated carbocycles. The lowest BCUT2D eigenvalue weighted by Crippen LogP contribution is -2.35. The number of anilines is 2. The Bertz CT molecular complexity index is 1400. The molecule has 1 aromatic heterocycles. The molecule has 1 atom stereocenters. The zero-order chi connectivity index (χ0) is 27.3. The van der Waals surface area contributed by atoms with Gasteiger partial charge in [0.05, 0.1) is 10.6 Å². The number of pyridine rings is 1. The Labute approximate surface area is 229 Å². The van der Waals surface area contributed by atoms with Crippen LogP contribution < -0.4 is 10.2 Å². The van der Waals surface area contributed by atoms with Crippen molar-refractivity contribution in [3.8, 4) is 0 Å². The van der Waals surface area contributed by atoms with Gasteiger partial charge in [0.15, 0.2) is 15.7 Å². The molecule has 0 radical (unpaired) electrons. The number of sulfone groups is 1. The first kappa shape index (κ1) is 27.8. The standard InChI is InChI=1S/C29H32ClN3O4S/c1-20(22-7-4-3-5-8-22)15-25(34)16-21-11-13-33(14-12-21)28-27(18-26(19-31-28)38(2,36)37)32-29(35)23-9-6-10-24(30)17-23/h3-10,17-21H,11-16H2,1-2H3,(H,32,35)/t20-/m0/s1. The quantitative estimate of drug-likeness (QED) is 0.362. The maximum Gasteiger partial charge on any atom is 0.255 e. The van der Waals surface area contributed by atoms with Crippen LogP contribution in [0.25, 0.3) is 0 Å². The van der Waals surface area contributed by atoms with Crippen LogP contribution >= 0.6 is 11.6 Å². The fourth-order valence-corrected chi connectivity index (χ4v) is 5.57. The smallest absolute Gasteiger partial charge is 0.255 e. The Kier molecular flexibility index (Phi) is 8.84. The van der Waals surface area contributed by atoms with Crippen molar-refractivity contribution in [2.24, 2.45) is 5.92 Å². The molecule has 200 valence electrons. The van der Waals surface area contributed by atoms with Gasteiger partial charge in [-0.15, -0.1) is 0 Å². The molecule has 1 aliphatic heterocycles. The average molecular weight is 554 g/mol. The third-order valence-corrected chi connectivity index (χ3v) is 8.25. The van der Waals surface area contributed by atoms with Crippen LogP contribution in [0.1, 0.15) is 54.4 Å². The summed E-state index contributed by atoms with van der Waals surface area (Å²) in [6.07, 6.45) is 5.11. The maximum atomic E-state index is 12.9. The van der Waals surface area contributed by atoms with E-state index < -0.39 is 15.7 Å². The number of hydrogen-bond acceptors (Lipinski definition) is 6. The molecule has 0 aliphatic carbocycles. The van der Waals surface area contributed by atoms with E-state index >= 15 is 0 Å². The lowest BCUT2D eigenvalue weighted by atomic mass is 9.87. The Hall–Kier alpha value is -3.23. The van der Waals surface area contributed by atoms with E-state index in [4.69, 9.17) is 11.6 Å². The van der Waals surface area contributed by atoms with Crippen molar-refractivity contribution < 1.29 is 18.0 Å². The maximum absolute atomic E-state index is 12.9. The van der Waals surface area contributed by atoms with Gasteiger partial charge in [0, 0.05) is 49.0 Å². The molecular weight excluding hydrogens is 522 g/mol. The molecule has 4 rings (SSSR count). The SMILES string of the molecule is C[C@@H](CC(=O)CC1CCN(c2ncc(S(C)(=O)=O)cc2NC(=O)c2cccc(Cl)c2)CC1)c1ccccc1. The molecule has 0 bridgehead atoms. The highest BCUT2D eigenvalue weighted by Crippen LogP contribution is 2.32. The Morgan fingerprint density at radius 2 is 1.79 bits per heavy atom. The molecule has 2 aromatic carbocycles. The van der Waals surface area contributed by atoms with Crippen LogP contribution in [-0.2, 0) is 14.6 Å². The summed E-state index contributed by atoms with van der Waals surface area (Å²) in [5.74, 6) is 0.836. The number of halogens is 1. The van der Waals surface area contributed by atoms with Crippen molar-refractivity contribution >= 4 is 44.6 Å². The van der Waals surface area contributed by atoms with Crippen LogP contribution in [0.2, 0.25) is 5.02 Å². The van der Waals surface area contributed by atoms with E-state index in [0.717, 1.165) is 19.1 Å². The molecule has 0 unspecified atom stereocenters. The first-order valence-corrected chi connectivity index (χ1v) is 15.0. The number of hydrogen-bond donors (Lipinski definition) is 1. The lowest BCUT2D eigenvalue weighted by Gasteiger charge is -2.33. The number of amides is 1. The molecule has 9 heteroatoms. The van der Waals surface area contributed by atoms with Crippen molar-refractivity contribution in [2.75, 3.05) is 29.6 Å². The molecular formula is C29H32ClN3O4S. The molecule has 0 spiro atoms. The van der Waals surface area contributed by atoms with E-state index in [2.05, 4.69) is 29.4 Å². The van der Waals surface area contributed by atoms with Crippen LogP contribution in [0, 0.1) is 5.92 Å². The number of Topliss-reactive ketones (excluding diaryl/α,β-unsaturated/α-hetero) is 1. The second kappa shape index (κ2) is 12.1. The van der Waals surface area contributed by atoms with Gasteiger partial charge >= 0.3 is 0 Å². The number of piperidine rings is 1. The molecule has 3 aromatic rings. The summed E-state index contributed by atoms with van der Waals surface area (Å²) in [5, 5.41) is 3.25. The number of carbonyl (C=O) groups is 2. The fraction of sp³-hybridized carbons (Fsp3) is 0.345. The van der Waals surface area contributed by atoms with E-state index in [1.807, 2.05) is 23.1 Å². The number of ketones is 1. The highest BCUT2D eigenvalue weighted by Gasteiger charge is 2.26. The van der Waals surface area contributed by atoms with Gasteiger partial charge in [-0.05, 0) is 54.5 Å². The number of carbonyl (C=O) groups excluding carboxylic acids is 2. The predicted molar refractivity (Wildman–Crippen MR) is 151 cm³/mol. The van der Waals surface area contributed by atoms with Crippen molar-refractivity contribution in [3.05, 3.63) is 83.0 Å². The lowest BCUT2D eigenvalue weighted by molar-refractivity contribution is -0.120. The molecule has 2 heterocycles. The first-order valence-electron chi connectivity index (χ1n) is 12.7. The van der Waals surface area contributed by atoms with Gasteiger partial charge < -0.3 is 10.2 Å². The summed E-state index contributed by atoms with van der Waals surface area (Å²) in [7, 11) is -3.52. The first-order chi connectivity index (χ1) is 18.1. The molecule has 1 amide bonds. The van der Waals surface area contributed by atoms with E-state index in [0.29, 0.717) is 48.0 Å². The highest BCUT2D eigenvalue weighted by atomic mass is 35.5. The Morgan fingerprint density at radius 3 is 2.45 bits per heavy atom. The third kappa shape index (κ3) is 7.20. The van der Waals surface area contributed by atoms with Crippen LogP contribution in [0.15, 0.2) is 71.8 Å². The fourth-order valence-electron chi connectivity index (χ4n) is 4.80. The highest BCUT2D eigenvalue weighted by molar-refractivity contribution is 7.90. The van der Waals surface area contributed by atoms with E-state index in [1.54, 1.807) is 24.3 Å². The zero-order valence-corrected chi connectivity index (χ0v) is 23.1. The summed E-state index contributed by atoms with van der Waals surface area (Å²) in [6.45, 7) is 3.38. The number of rotatable bonds is 9. The molecule has 1 saturated heterocycles. The Morgan fingerprint density at radius 1 is 1.08 bits per heavy atom. The number of nitrogens with one attached hydrogen (secondary N) is 1. The van der Waals surface area contributed by atoms with Gasteiger partial charge in [-0.2, -0.15) is 0 Å². The number of nitrogens with zero attached hydrogens (tertiary/aromatic N) is 2. The summed E-state index contributed by atoms with van der Waals surface area (Å²) in [4.78, 5) is 32.2. The molecule has 1 fully saturated rings. The van der Waals surface area contributed by atoms with E-state index in [1.165, 1.54) is 17.8 Å². The minimum Gasteiger partial charge on any atom is -0.355 e. The minimum absolute atomic E-state index is 0.0238. The summed E-state index contributed by atoms with van der Waals surface area (Å²) in [6, 6.07) is 18.1. The van der Waals surface area contributed by atoms with Gasteiger partial charge in [0.25, 0.3) is 5.91 Å². The van der Waals surface area contributed by atoms with Gasteiger partial charge in [0.2, 0.25) is 0 Å². The van der Waals surface area contributed by atoms with Crippen LogP contribution in [0.5, 0.6) is 0 Å². The molecule has 38 heavy (non-hydrogen) atoms. The van der Waals surface area contributed by atoms with Crippen LogP contribution in [0.3, 0.4) is 0 Å². The van der Waals surface area contributed by atoms with Gasteiger partial charge in [0.1, 0.15) is 5.78 Å². The van der Waals surface area contributed by atoms with Gasteiger partial charge in [-0.1, -0.05) is 54.9 Å². The molecule has 7 nitrogen and oxygen atoms in total. The molecule has 1 aliphatic rings. The second-order valence-corrected chi connectivity index (χ2v) is 12.4. The van der Waals surface area contributed by atoms with Crippen molar-refractivity contribution in [3.63, 3.8) is 0 Å². The predicted octanol–water partition coefficient (Wildman–Crippen LogP) is 5.76. The van der Waals surface area contributed by atoms with E-state index in [9.17, 15) is 18.0 Å². The minimum atomic E-state index is -3.52. The summed E-state index contributed by atoms with van der Waals surface area (Å²) >= 11 is 6.03. The van der Waals surface area contributed by atoms with Crippen molar-refractivity contribution in [1.82, 2.24) is 4.98 Å². The Balaban J connectivity index is 1.43. The van der Waals surface area contributed by atoms with Crippen LogP contribution in [0.4, 0.5) is 11.5 Å².